The number of benzene rings is 1. The molecule has 0 spiro atoms. The number of hydrogen-bond donors (Lipinski definition) is 1. The van der Waals surface area contributed by atoms with Crippen molar-refractivity contribution in [3.63, 3.8) is 0 Å². The fourth-order valence-electron chi connectivity index (χ4n) is 4.21. The fraction of sp³-hybridized carbons (Fsp3) is 0.292. The van der Waals surface area contributed by atoms with Crippen molar-refractivity contribution in [2.45, 2.75) is 26.2 Å². The maximum Gasteiger partial charge on any atom is 0.274 e. The molecule has 2 amide bonds. The molecule has 168 valence electrons. The van der Waals surface area contributed by atoms with Crippen LogP contribution in [0.4, 0.5) is 5.69 Å². The first-order valence-corrected chi connectivity index (χ1v) is 11.1. The highest BCUT2D eigenvalue weighted by molar-refractivity contribution is 6.11. The average Bonchev–Trinajstić information content (AvgIpc) is 3.43. The molecule has 1 N–H and O–H groups in total. The molecule has 5 rings (SSSR count). The second kappa shape index (κ2) is 8.50. The Balaban J connectivity index is 1.44. The van der Waals surface area contributed by atoms with Crippen LogP contribution in [-0.2, 0) is 7.05 Å². The number of nitrogens with one attached hydrogen (secondary N) is 1. The van der Waals surface area contributed by atoms with Gasteiger partial charge >= 0.3 is 0 Å². The third-order valence-electron chi connectivity index (χ3n) is 6.03. The minimum atomic E-state index is -0.390. The molecule has 1 aliphatic heterocycles. The molecule has 1 saturated heterocycles. The van der Waals surface area contributed by atoms with Crippen LogP contribution in [0.15, 0.2) is 48.9 Å². The number of rotatable bonds is 4. The highest BCUT2D eigenvalue weighted by Gasteiger charge is 2.26. The fourth-order valence-corrected chi connectivity index (χ4v) is 4.21. The lowest BCUT2D eigenvalue weighted by molar-refractivity contribution is 0.0714. The van der Waals surface area contributed by atoms with Crippen LogP contribution < -0.4 is 5.32 Å². The second-order valence-electron chi connectivity index (χ2n) is 8.33. The minimum Gasteiger partial charge on any atom is -0.337 e. The Morgan fingerprint density at radius 1 is 0.970 bits per heavy atom. The number of aryl methyl sites for hydroxylation is 2. The van der Waals surface area contributed by atoms with Gasteiger partial charge in [0.15, 0.2) is 5.65 Å². The number of amides is 2. The van der Waals surface area contributed by atoms with E-state index in [1.54, 1.807) is 17.8 Å². The summed E-state index contributed by atoms with van der Waals surface area (Å²) in [6, 6.07) is 9.95. The van der Waals surface area contributed by atoms with E-state index in [4.69, 9.17) is 0 Å². The Kier molecular flexibility index (Phi) is 5.37. The zero-order valence-electron chi connectivity index (χ0n) is 18.7. The van der Waals surface area contributed by atoms with E-state index in [1.165, 1.54) is 17.1 Å². The lowest BCUT2D eigenvalue weighted by atomic mass is 10.1. The third-order valence-corrected chi connectivity index (χ3v) is 6.03. The van der Waals surface area contributed by atoms with Gasteiger partial charge in [0.2, 0.25) is 0 Å². The summed E-state index contributed by atoms with van der Waals surface area (Å²) in [6.07, 6.45) is 7.78. The summed E-state index contributed by atoms with van der Waals surface area (Å²) >= 11 is 0. The summed E-state index contributed by atoms with van der Waals surface area (Å²) in [4.78, 5) is 32.5. The van der Waals surface area contributed by atoms with Crippen molar-refractivity contribution >= 4 is 23.1 Å². The second-order valence-corrected chi connectivity index (χ2v) is 8.33. The van der Waals surface area contributed by atoms with E-state index in [9.17, 15) is 9.59 Å². The van der Waals surface area contributed by atoms with Crippen LogP contribution in [0.25, 0.3) is 16.9 Å². The molecule has 9 nitrogen and oxygen atoms in total. The first-order valence-electron chi connectivity index (χ1n) is 11.1. The van der Waals surface area contributed by atoms with Crippen molar-refractivity contribution in [3.8, 4) is 11.3 Å². The average molecular weight is 444 g/mol. The van der Waals surface area contributed by atoms with E-state index in [0.717, 1.165) is 49.2 Å². The Labute approximate surface area is 191 Å². The van der Waals surface area contributed by atoms with Gasteiger partial charge in [0.05, 0.1) is 23.8 Å². The maximum atomic E-state index is 13.2. The topological polar surface area (TPSA) is 97.4 Å². The first-order chi connectivity index (χ1) is 16.0. The van der Waals surface area contributed by atoms with Crippen LogP contribution in [0.2, 0.25) is 0 Å². The largest absolute Gasteiger partial charge is 0.337 e. The summed E-state index contributed by atoms with van der Waals surface area (Å²) in [5.74, 6) is -0.510. The molecule has 0 saturated carbocycles. The van der Waals surface area contributed by atoms with Crippen LogP contribution in [0.5, 0.6) is 0 Å². The van der Waals surface area contributed by atoms with E-state index < -0.39 is 0 Å². The highest BCUT2D eigenvalue weighted by Crippen LogP contribution is 2.24. The SMILES string of the molecule is Cc1ccc(-c2ccnc3c(C(=O)Nc4cnn(C)c4C(=O)N4CCCCC4)cnn23)cc1. The van der Waals surface area contributed by atoms with Gasteiger partial charge in [0.1, 0.15) is 11.3 Å². The van der Waals surface area contributed by atoms with Crippen molar-refractivity contribution < 1.29 is 9.59 Å². The third kappa shape index (κ3) is 3.86. The zero-order valence-corrected chi connectivity index (χ0v) is 18.7. The lowest BCUT2D eigenvalue weighted by Gasteiger charge is -2.27. The molecule has 0 aliphatic carbocycles. The van der Waals surface area contributed by atoms with Crippen molar-refractivity contribution in [1.82, 2.24) is 29.3 Å². The number of aromatic nitrogens is 5. The van der Waals surface area contributed by atoms with Crippen LogP contribution in [0.3, 0.4) is 0 Å². The van der Waals surface area contributed by atoms with Gasteiger partial charge in [-0.3, -0.25) is 14.3 Å². The molecule has 1 aromatic carbocycles. The van der Waals surface area contributed by atoms with Crippen molar-refractivity contribution in [3.05, 3.63) is 65.7 Å². The number of hydrogen-bond acceptors (Lipinski definition) is 5. The normalized spacial score (nSPS) is 13.9. The number of likely N-dealkylation sites (tertiary alicyclic amines) is 1. The van der Waals surface area contributed by atoms with Crippen LogP contribution in [0, 0.1) is 6.92 Å². The van der Waals surface area contributed by atoms with Gasteiger partial charge < -0.3 is 10.2 Å². The molecule has 0 bridgehead atoms. The van der Waals surface area contributed by atoms with E-state index in [2.05, 4.69) is 20.5 Å². The first kappa shape index (κ1) is 20.9. The highest BCUT2D eigenvalue weighted by atomic mass is 16.2. The number of nitrogens with zero attached hydrogens (tertiary/aromatic N) is 6. The summed E-state index contributed by atoms with van der Waals surface area (Å²) < 4.78 is 3.17. The molecule has 9 heteroatoms. The number of carbonyl (C=O) groups is 2. The van der Waals surface area contributed by atoms with Gasteiger partial charge in [0.25, 0.3) is 11.8 Å². The number of piperidine rings is 1. The Morgan fingerprint density at radius 2 is 1.73 bits per heavy atom. The summed E-state index contributed by atoms with van der Waals surface area (Å²) in [5.41, 5.74) is 4.49. The molecule has 4 heterocycles. The Hall–Kier alpha value is -4.01. The van der Waals surface area contributed by atoms with Crippen molar-refractivity contribution in [2.75, 3.05) is 18.4 Å². The Morgan fingerprint density at radius 3 is 2.48 bits per heavy atom. The molecule has 4 aromatic rings. The molecule has 1 aliphatic rings. The van der Waals surface area contributed by atoms with E-state index in [0.29, 0.717) is 22.6 Å². The lowest BCUT2D eigenvalue weighted by Crippen LogP contribution is -2.37. The molecule has 33 heavy (non-hydrogen) atoms. The number of fused-ring (bicyclic) bond motifs is 1. The van der Waals surface area contributed by atoms with Gasteiger partial charge in [-0.2, -0.15) is 10.2 Å². The van der Waals surface area contributed by atoms with Gasteiger partial charge in [-0.05, 0) is 32.3 Å². The van der Waals surface area contributed by atoms with E-state index in [1.807, 2.05) is 42.2 Å². The smallest absolute Gasteiger partial charge is 0.274 e. The van der Waals surface area contributed by atoms with E-state index >= 15 is 0 Å². The molecular formula is C24H25N7O2. The maximum absolute atomic E-state index is 13.2. The predicted molar refractivity (Wildman–Crippen MR) is 124 cm³/mol. The number of carbonyl (C=O) groups excluding carboxylic acids is 2. The monoisotopic (exact) mass is 443 g/mol. The Bertz CT molecular complexity index is 1330. The zero-order chi connectivity index (χ0) is 22.9. The van der Waals surface area contributed by atoms with Gasteiger partial charge in [-0.1, -0.05) is 29.8 Å². The van der Waals surface area contributed by atoms with Crippen LogP contribution in [-0.4, -0.2) is 54.2 Å². The summed E-state index contributed by atoms with van der Waals surface area (Å²) in [7, 11) is 1.71. The van der Waals surface area contributed by atoms with Crippen LogP contribution in [0.1, 0.15) is 45.7 Å². The molecule has 0 atom stereocenters. The van der Waals surface area contributed by atoms with E-state index in [-0.39, 0.29) is 11.8 Å². The van der Waals surface area contributed by atoms with Crippen molar-refractivity contribution in [1.29, 1.82) is 0 Å². The summed E-state index contributed by atoms with van der Waals surface area (Å²) in [6.45, 7) is 3.47. The van der Waals surface area contributed by atoms with Gasteiger partial charge in [0, 0.05) is 31.9 Å². The van der Waals surface area contributed by atoms with Gasteiger partial charge in [-0.25, -0.2) is 9.50 Å². The quantitative estimate of drug-likeness (QED) is 0.522. The van der Waals surface area contributed by atoms with Crippen LogP contribution >= 0.6 is 0 Å². The predicted octanol–water partition coefficient (Wildman–Crippen LogP) is 3.32. The molecule has 3 aromatic heterocycles. The standard InChI is InChI=1S/C24H25N7O2/c1-16-6-8-17(9-7-16)20-10-11-25-22-18(14-27-31(20)22)23(32)28-19-15-26-29(2)21(19)24(33)30-12-4-3-5-13-30/h6-11,14-15H,3-5,12-13H2,1-2H3,(H,28,32). The molecule has 0 radical (unpaired) electrons. The minimum absolute atomic E-state index is 0.121. The molecule has 0 unspecified atom stereocenters. The number of anilines is 1. The molecule has 1 fully saturated rings. The summed E-state index contributed by atoms with van der Waals surface area (Å²) in [5, 5.41) is 11.5. The van der Waals surface area contributed by atoms with Crippen molar-refractivity contribution in [2.24, 2.45) is 7.05 Å². The molecular weight excluding hydrogens is 418 g/mol. The van der Waals surface area contributed by atoms with Gasteiger partial charge in [-0.15, -0.1) is 0 Å².